The molecule has 0 aliphatic rings. The van der Waals surface area contributed by atoms with Gasteiger partial charge in [-0.3, -0.25) is 0 Å². The summed E-state index contributed by atoms with van der Waals surface area (Å²) in [6, 6.07) is 39.6. The molecule has 0 atom stereocenters. The van der Waals surface area contributed by atoms with E-state index in [1.165, 1.54) is 5.56 Å². The van der Waals surface area contributed by atoms with E-state index >= 15 is 0 Å². The van der Waals surface area contributed by atoms with Gasteiger partial charge in [-0.05, 0) is 82.9 Å². The average Bonchev–Trinajstić information content (AvgIpc) is 3.01. The van der Waals surface area contributed by atoms with Crippen molar-refractivity contribution >= 4 is 62.1 Å². The molecule has 6 aromatic rings. The Balaban J connectivity index is 1.41. The Hall–Kier alpha value is -5.64. The fourth-order valence-electron chi connectivity index (χ4n) is 5.50. The van der Waals surface area contributed by atoms with Crippen LogP contribution in [-0.4, -0.2) is 0 Å². The van der Waals surface area contributed by atoms with Gasteiger partial charge in [0.25, 0.3) is 0 Å². The predicted molar refractivity (Wildman–Crippen MR) is 174 cm³/mol. The molecule has 0 saturated heterocycles. The SMILES string of the molecule is [C-]#[N+]c1c([N+]#[C-])c2c(C=Cc3ccc(N(c4ccccc4)c4ccc(C)cc4)cc3)cccc2c2cccc(C)c12. The summed E-state index contributed by atoms with van der Waals surface area (Å²) in [6.07, 6.45) is 4.12. The van der Waals surface area contributed by atoms with Gasteiger partial charge in [0.05, 0.1) is 13.1 Å². The fraction of sp³-hybridized carbons (Fsp3) is 0.0526. The highest BCUT2D eigenvalue weighted by Gasteiger charge is 2.18. The van der Waals surface area contributed by atoms with Crippen LogP contribution in [0.1, 0.15) is 22.3 Å². The highest BCUT2D eigenvalue weighted by atomic mass is 15.1. The van der Waals surface area contributed by atoms with Crippen LogP contribution in [0.5, 0.6) is 0 Å². The van der Waals surface area contributed by atoms with Crippen LogP contribution >= 0.6 is 0 Å². The molecule has 0 saturated carbocycles. The van der Waals surface area contributed by atoms with E-state index in [2.05, 4.69) is 113 Å². The first-order chi connectivity index (χ1) is 20.1. The largest absolute Gasteiger partial charge is 0.311 e. The van der Waals surface area contributed by atoms with E-state index in [9.17, 15) is 0 Å². The van der Waals surface area contributed by atoms with Crippen LogP contribution in [-0.2, 0) is 0 Å². The molecule has 6 aromatic carbocycles. The van der Waals surface area contributed by atoms with Gasteiger partial charge in [0, 0.05) is 17.1 Å². The number of benzene rings is 6. The Kier molecular flexibility index (Phi) is 6.78. The van der Waals surface area contributed by atoms with Gasteiger partial charge in [-0.15, -0.1) is 0 Å². The van der Waals surface area contributed by atoms with E-state index in [1.807, 2.05) is 43.3 Å². The molecule has 0 heterocycles. The second-order valence-corrected chi connectivity index (χ2v) is 10.1. The zero-order valence-electron chi connectivity index (χ0n) is 23.0. The van der Waals surface area contributed by atoms with Gasteiger partial charge in [-0.25, -0.2) is 9.69 Å². The van der Waals surface area contributed by atoms with Crippen molar-refractivity contribution in [1.29, 1.82) is 0 Å². The van der Waals surface area contributed by atoms with E-state index in [0.29, 0.717) is 11.4 Å². The van der Waals surface area contributed by atoms with Gasteiger partial charge < -0.3 is 4.90 Å². The topological polar surface area (TPSA) is 12.0 Å². The van der Waals surface area contributed by atoms with Crippen LogP contribution in [0.3, 0.4) is 0 Å². The summed E-state index contributed by atoms with van der Waals surface area (Å²) in [5, 5.41) is 3.70. The molecule has 0 unspecified atom stereocenters. The van der Waals surface area contributed by atoms with Gasteiger partial charge in [0.15, 0.2) is 0 Å². The second kappa shape index (κ2) is 10.9. The van der Waals surface area contributed by atoms with Gasteiger partial charge in [0.1, 0.15) is 0 Å². The molecule has 0 fully saturated rings. The molecule has 41 heavy (non-hydrogen) atoms. The highest BCUT2D eigenvalue weighted by Crippen LogP contribution is 2.46. The van der Waals surface area contributed by atoms with Crippen molar-refractivity contribution in [1.82, 2.24) is 0 Å². The number of nitrogens with zero attached hydrogens (tertiary/aromatic N) is 3. The van der Waals surface area contributed by atoms with Crippen molar-refractivity contribution in [3.8, 4) is 0 Å². The maximum atomic E-state index is 7.98. The molecule has 0 spiro atoms. The number of anilines is 3. The van der Waals surface area contributed by atoms with Crippen LogP contribution in [0, 0.1) is 27.0 Å². The van der Waals surface area contributed by atoms with Gasteiger partial charge in [0.2, 0.25) is 11.4 Å². The van der Waals surface area contributed by atoms with Gasteiger partial charge in [-0.2, -0.15) is 0 Å². The summed E-state index contributed by atoms with van der Waals surface area (Å²) >= 11 is 0. The van der Waals surface area contributed by atoms with Crippen LogP contribution in [0.25, 0.3) is 43.4 Å². The monoisotopic (exact) mass is 525 g/mol. The Morgan fingerprint density at radius 3 is 1.76 bits per heavy atom. The zero-order valence-corrected chi connectivity index (χ0v) is 23.0. The molecule has 0 bridgehead atoms. The third-order valence-electron chi connectivity index (χ3n) is 7.49. The minimum Gasteiger partial charge on any atom is -0.311 e. The first kappa shape index (κ1) is 25.6. The van der Waals surface area contributed by atoms with E-state index < -0.39 is 0 Å². The number of rotatable bonds is 5. The summed E-state index contributed by atoms with van der Waals surface area (Å²) in [6.45, 7) is 20.0. The van der Waals surface area contributed by atoms with Crippen LogP contribution < -0.4 is 4.90 Å². The lowest BCUT2D eigenvalue weighted by Gasteiger charge is -2.25. The van der Waals surface area contributed by atoms with Crippen molar-refractivity contribution in [2.24, 2.45) is 0 Å². The summed E-state index contributed by atoms with van der Waals surface area (Å²) in [7, 11) is 0. The number of para-hydroxylation sites is 1. The number of hydrogen-bond acceptors (Lipinski definition) is 1. The molecular formula is C38H27N3. The Morgan fingerprint density at radius 2 is 1.10 bits per heavy atom. The minimum absolute atomic E-state index is 0.420. The highest BCUT2D eigenvalue weighted by molar-refractivity contribution is 6.23. The standard InChI is InChI=1S/C38H27N3/c1-26-16-22-31(23-17-26)41(30-12-6-5-7-13-30)32-24-19-28(20-25-32)18-21-29-11-9-15-34-33-14-8-10-27(2)35(33)37(39-3)38(40-4)36(29)34/h5-25H,1-2H3. The molecule has 0 aliphatic heterocycles. The van der Waals surface area contributed by atoms with Crippen molar-refractivity contribution in [2.45, 2.75) is 13.8 Å². The van der Waals surface area contributed by atoms with Gasteiger partial charge >= 0.3 is 0 Å². The average molecular weight is 526 g/mol. The number of fused-ring (bicyclic) bond motifs is 3. The van der Waals surface area contributed by atoms with E-state index in [4.69, 9.17) is 13.1 Å². The Labute approximate surface area is 240 Å². The van der Waals surface area contributed by atoms with E-state index in [0.717, 1.165) is 55.3 Å². The summed E-state index contributed by atoms with van der Waals surface area (Å²) in [5.41, 5.74) is 8.34. The summed E-state index contributed by atoms with van der Waals surface area (Å²) in [4.78, 5) is 9.94. The molecule has 6 rings (SSSR count). The fourth-order valence-corrected chi connectivity index (χ4v) is 5.50. The van der Waals surface area contributed by atoms with E-state index in [1.54, 1.807) is 0 Å². The molecule has 0 radical (unpaired) electrons. The Morgan fingerprint density at radius 1 is 0.537 bits per heavy atom. The van der Waals surface area contributed by atoms with Gasteiger partial charge in [-0.1, -0.05) is 102 Å². The Bertz CT molecular complexity index is 2000. The lowest BCUT2D eigenvalue weighted by atomic mass is 9.93. The molecule has 194 valence electrons. The van der Waals surface area contributed by atoms with E-state index in [-0.39, 0.29) is 0 Å². The van der Waals surface area contributed by atoms with Crippen LogP contribution in [0.15, 0.2) is 115 Å². The summed E-state index contributed by atoms with van der Waals surface area (Å²) in [5.74, 6) is 0. The van der Waals surface area contributed by atoms with Crippen molar-refractivity contribution in [2.75, 3.05) is 4.90 Å². The number of aryl methyl sites for hydroxylation is 2. The number of hydrogen-bond donors (Lipinski definition) is 0. The molecule has 3 nitrogen and oxygen atoms in total. The molecule has 0 N–H and O–H groups in total. The smallest absolute Gasteiger partial charge is 0.203 e. The zero-order chi connectivity index (χ0) is 28.3. The predicted octanol–water partition coefficient (Wildman–Crippen LogP) is 11.4. The molecule has 0 aliphatic carbocycles. The third kappa shape index (κ3) is 4.71. The lowest BCUT2D eigenvalue weighted by Crippen LogP contribution is -2.09. The van der Waals surface area contributed by atoms with Crippen molar-refractivity contribution < 1.29 is 0 Å². The molecular weight excluding hydrogens is 498 g/mol. The first-order valence-corrected chi connectivity index (χ1v) is 13.5. The van der Waals surface area contributed by atoms with Crippen LogP contribution in [0.2, 0.25) is 0 Å². The summed E-state index contributed by atoms with van der Waals surface area (Å²) < 4.78 is 0. The van der Waals surface area contributed by atoms with Crippen LogP contribution in [0.4, 0.5) is 28.4 Å². The van der Waals surface area contributed by atoms with Crippen molar-refractivity contribution in [3.05, 3.63) is 160 Å². The third-order valence-corrected chi connectivity index (χ3v) is 7.49. The molecule has 0 aromatic heterocycles. The second-order valence-electron chi connectivity index (χ2n) is 10.1. The molecule has 0 amide bonds. The lowest BCUT2D eigenvalue weighted by molar-refractivity contribution is 1.27. The maximum absolute atomic E-state index is 7.98. The van der Waals surface area contributed by atoms with Crippen molar-refractivity contribution in [3.63, 3.8) is 0 Å². The minimum atomic E-state index is 0.420. The first-order valence-electron chi connectivity index (χ1n) is 13.5. The molecule has 3 heteroatoms. The normalized spacial score (nSPS) is 11.0. The maximum Gasteiger partial charge on any atom is 0.203 e. The quantitative estimate of drug-likeness (QED) is 0.124.